The van der Waals surface area contributed by atoms with Crippen LogP contribution in [0.2, 0.25) is 0 Å². The van der Waals surface area contributed by atoms with Crippen LogP contribution in [0, 0.1) is 0 Å². The number of carbonyl (C=O) groups excluding carboxylic acids is 1. The molecule has 1 saturated heterocycles. The first-order valence-corrected chi connectivity index (χ1v) is 4.75. The highest BCUT2D eigenvalue weighted by molar-refractivity contribution is 5.79. The van der Waals surface area contributed by atoms with E-state index in [1.54, 1.807) is 0 Å². The third-order valence-electron chi connectivity index (χ3n) is 1.98. The van der Waals surface area contributed by atoms with Gasteiger partial charge in [-0.25, -0.2) is 0 Å². The van der Waals surface area contributed by atoms with E-state index in [0.29, 0.717) is 19.5 Å². The van der Waals surface area contributed by atoms with Gasteiger partial charge in [0.2, 0.25) is 0 Å². The van der Waals surface area contributed by atoms with Crippen LogP contribution in [0.1, 0.15) is 20.3 Å². The van der Waals surface area contributed by atoms with Crippen molar-refractivity contribution in [3.05, 3.63) is 0 Å². The quantitative estimate of drug-likeness (QED) is 0.690. The summed E-state index contributed by atoms with van der Waals surface area (Å²) in [5, 5.41) is 0. The number of methoxy groups -OCH3 is 1. The Morgan fingerprint density at radius 2 is 2.07 bits per heavy atom. The molecule has 0 radical (unpaired) electrons. The Morgan fingerprint density at radius 3 is 2.43 bits per heavy atom. The predicted octanol–water partition coefficient (Wildman–Crippen LogP) is 1.52. The van der Waals surface area contributed by atoms with Gasteiger partial charge in [0.15, 0.2) is 0 Å². The van der Waals surface area contributed by atoms with Crippen LogP contribution in [0.4, 0.5) is 8.78 Å². The van der Waals surface area contributed by atoms with E-state index in [-0.39, 0.29) is 6.10 Å². The maximum atomic E-state index is 11.9. The van der Waals surface area contributed by atoms with Crippen molar-refractivity contribution in [3.8, 4) is 0 Å². The first kappa shape index (κ1) is 13.3. The van der Waals surface area contributed by atoms with Crippen LogP contribution in [-0.4, -0.2) is 43.5 Å². The minimum absolute atomic E-state index is 0.0762. The summed E-state index contributed by atoms with van der Waals surface area (Å²) in [7, 11) is 1.51. The van der Waals surface area contributed by atoms with Crippen molar-refractivity contribution < 1.29 is 18.3 Å². The Kier molecular flexibility index (Phi) is 6.36. The van der Waals surface area contributed by atoms with Gasteiger partial charge in [-0.3, -0.25) is 4.79 Å². The van der Waals surface area contributed by atoms with Gasteiger partial charge in [-0.2, -0.15) is 8.78 Å². The number of amides is 1. The van der Waals surface area contributed by atoms with Crippen molar-refractivity contribution in [2.24, 2.45) is 0 Å². The highest BCUT2D eigenvalue weighted by atomic mass is 19.3. The average Bonchev–Trinajstić information content (AvgIpc) is 2.67. The monoisotopic (exact) mass is 209 g/mol. The summed E-state index contributed by atoms with van der Waals surface area (Å²) < 4.78 is 28.7. The van der Waals surface area contributed by atoms with Crippen LogP contribution < -0.4 is 0 Å². The number of rotatable bonds is 2. The van der Waals surface area contributed by atoms with Crippen LogP contribution in [0.15, 0.2) is 0 Å². The zero-order valence-corrected chi connectivity index (χ0v) is 8.80. The van der Waals surface area contributed by atoms with Gasteiger partial charge in [-0.15, -0.1) is 0 Å². The number of likely N-dealkylation sites (tertiary alicyclic amines) is 1. The summed E-state index contributed by atoms with van der Waals surface area (Å²) in [6.45, 7) is 4.67. The van der Waals surface area contributed by atoms with Gasteiger partial charge in [0.1, 0.15) is 0 Å². The smallest absolute Gasteiger partial charge is 0.315 e. The lowest BCUT2D eigenvalue weighted by atomic mass is 10.3. The van der Waals surface area contributed by atoms with E-state index >= 15 is 0 Å². The van der Waals surface area contributed by atoms with E-state index in [0.717, 1.165) is 4.90 Å². The average molecular weight is 209 g/mol. The molecule has 1 fully saturated rings. The zero-order valence-electron chi connectivity index (χ0n) is 8.80. The van der Waals surface area contributed by atoms with Crippen molar-refractivity contribution in [2.45, 2.75) is 32.8 Å². The summed E-state index contributed by atoms with van der Waals surface area (Å²) in [6.07, 6.45) is -2.32. The molecule has 0 spiro atoms. The van der Waals surface area contributed by atoms with Gasteiger partial charge in [-0.1, -0.05) is 13.8 Å². The van der Waals surface area contributed by atoms with Crippen LogP contribution in [0.25, 0.3) is 0 Å². The molecule has 3 nitrogen and oxygen atoms in total. The number of alkyl halides is 2. The van der Waals surface area contributed by atoms with Crippen molar-refractivity contribution in [1.82, 2.24) is 4.90 Å². The molecule has 1 rings (SSSR count). The SMILES string of the molecule is CC.CO[C@H]1CCN(C(=O)C(F)F)C1. The second-order valence-corrected chi connectivity index (χ2v) is 2.73. The van der Waals surface area contributed by atoms with Gasteiger partial charge in [0, 0.05) is 20.2 Å². The fraction of sp³-hybridized carbons (Fsp3) is 0.889. The van der Waals surface area contributed by atoms with Gasteiger partial charge in [0.05, 0.1) is 6.10 Å². The van der Waals surface area contributed by atoms with Crippen LogP contribution in [0.3, 0.4) is 0 Å². The third kappa shape index (κ3) is 3.57. The van der Waals surface area contributed by atoms with Crippen LogP contribution >= 0.6 is 0 Å². The standard InChI is InChI=1S/C7H11F2NO2.C2H6/c1-12-5-2-3-10(4-5)7(11)6(8)9;1-2/h5-6H,2-4H2,1H3;1-2H3/t5-;/m0./s1. The fourth-order valence-electron chi connectivity index (χ4n) is 1.26. The predicted molar refractivity (Wildman–Crippen MR) is 49.3 cm³/mol. The van der Waals surface area contributed by atoms with E-state index < -0.39 is 12.3 Å². The number of nitrogens with zero attached hydrogens (tertiary/aromatic N) is 1. The van der Waals surface area contributed by atoms with Crippen molar-refractivity contribution >= 4 is 5.91 Å². The third-order valence-corrected chi connectivity index (χ3v) is 1.98. The van der Waals surface area contributed by atoms with E-state index in [9.17, 15) is 13.6 Å². The minimum atomic E-state index is -2.89. The number of hydrogen-bond donors (Lipinski definition) is 0. The van der Waals surface area contributed by atoms with E-state index in [1.165, 1.54) is 7.11 Å². The molecule has 5 heteroatoms. The Hall–Kier alpha value is -0.710. The maximum Gasteiger partial charge on any atom is 0.315 e. The van der Waals surface area contributed by atoms with E-state index in [2.05, 4.69) is 0 Å². The van der Waals surface area contributed by atoms with Gasteiger partial charge in [-0.05, 0) is 6.42 Å². The molecule has 84 valence electrons. The molecule has 0 aliphatic carbocycles. The lowest BCUT2D eigenvalue weighted by Crippen LogP contribution is -2.34. The number of halogens is 2. The molecule has 0 N–H and O–H groups in total. The lowest BCUT2D eigenvalue weighted by molar-refractivity contribution is -0.142. The molecule has 0 aromatic carbocycles. The van der Waals surface area contributed by atoms with Gasteiger partial charge >= 0.3 is 6.43 Å². The molecule has 0 bridgehead atoms. The molecule has 14 heavy (non-hydrogen) atoms. The first-order valence-electron chi connectivity index (χ1n) is 4.75. The molecule has 1 aliphatic heterocycles. The van der Waals surface area contributed by atoms with Crippen molar-refractivity contribution in [1.29, 1.82) is 0 Å². The largest absolute Gasteiger partial charge is 0.380 e. The highest BCUT2D eigenvalue weighted by Crippen LogP contribution is 2.13. The molecule has 1 aliphatic rings. The van der Waals surface area contributed by atoms with Gasteiger partial charge < -0.3 is 9.64 Å². The molecule has 1 atom stereocenters. The summed E-state index contributed by atoms with van der Waals surface area (Å²) in [5.74, 6) is -1.09. The second-order valence-electron chi connectivity index (χ2n) is 2.73. The topological polar surface area (TPSA) is 29.5 Å². The van der Waals surface area contributed by atoms with Crippen LogP contribution in [0.5, 0.6) is 0 Å². The Morgan fingerprint density at radius 1 is 1.50 bits per heavy atom. The number of ether oxygens (including phenoxy) is 1. The first-order chi connectivity index (χ1) is 6.65. The molecular weight excluding hydrogens is 192 g/mol. The molecule has 1 heterocycles. The molecule has 1 amide bonds. The Labute approximate surface area is 83.0 Å². The molecular formula is C9H17F2NO2. The summed E-state index contributed by atoms with van der Waals surface area (Å²) >= 11 is 0. The molecule has 0 saturated carbocycles. The second kappa shape index (κ2) is 6.70. The molecule has 0 aromatic rings. The van der Waals surface area contributed by atoms with Crippen LogP contribution in [-0.2, 0) is 9.53 Å². The number of hydrogen-bond acceptors (Lipinski definition) is 2. The molecule has 0 aromatic heterocycles. The maximum absolute atomic E-state index is 11.9. The highest BCUT2D eigenvalue weighted by Gasteiger charge is 2.30. The van der Waals surface area contributed by atoms with Gasteiger partial charge in [0.25, 0.3) is 5.91 Å². The Bertz CT molecular complexity index is 176. The number of carbonyl (C=O) groups is 1. The summed E-state index contributed by atoms with van der Waals surface area (Å²) in [4.78, 5) is 11.9. The van der Waals surface area contributed by atoms with Crippen molar-refractivity contribution in [3.63, 3.8) is 0 Å². The van der Waals surface area contributed by atoms with E-state index in [1.807, 2.05) is 13.8 Å². The van der Waals surface area contributed by atoms with Crippen molar-refractivity contribution in [2.75, 3.05) is 20.2 Å². The van der Waals surface area contributed by atoms with E-state index in [4.69, 9.17) is 4.74 Å². The minimum Gasteiger partial charge on any atom is -0.380 e. The summed E-state index contributed by atoms with van der Waals surface area (Å²) in [5.41, 5.74) is 0. The molecule has 0 unspecified atom stereocenters. The fourth-order valence-corrected chi connectivity index (χ4v) is 1.26. The normalized spacial score (nSPS) is 20.7. The Balaban J connectivity index is 0.000000791. The summed E-state index contributed by atoms with van der Waals surface area (Å²) in [6, 6.07) is 0. The zero-order chi connectivity index (χ0) is 11.1. The lowest BCUT2D eigenvalue weighted by Gasteiger charge is -2.14.